The molecule has 2 aliphatic heterocycles. The number of rotatable bonds is 4. The van der Waals surface area contributed by atoms with Gasteiger partial charge in [-0.15, -0.1) is 0 Å². The molecule has 2 aliphatic rings. The topological polar surface area (TPSA) is 87.9 Å². The molecule has 0 aromatic carbocycles. The van der Waals surface area contributed by atoms with Gasteiger partial charge in [-0.05, 0) is 40.0 Å². The molecule has 31 heavy (non-hydrogen) atoms. The molecular weight excluding hydrogens is 424 g/mol. The SMILES string of the molecule is CC(C)(C)OC(=O)N1CCOC(COc2nc(Cl)cc3c2cnn3C2CCCCO2)C1. The van der Waals surface area contributed by atoms with Gasteiger partial charge in [0.15, 0.2) is 6.23 Å². The van der Waals surface area contributed by atoms with Crippen molar-refractivity contribution in [2.24, 2.45) is 0 Å². The molecule has 2 unspecified atom stereocenters. The quantitative estimate of drug-likeness (QED) is 0.652. The van der Waals surface area contributed by atoms with Gasteiger partial charge >= 0.3 is 6.09 Å². The molecule has 0 radical (unpaired) electrons. The van der Waals surface area contributed by atoms with Crippen molar-refractivity contribution in [2.45, 2.75) is 58.0 Å². The molecule has 4 heterocycles. The summed E-state index contributed by atoms with van der Waals surface area (Å²) in [6.45, 7) is 7.78. The van der Waals surface area contributed by atoms with Crippen LogP contribution in [0.25, 0.3) is 10.9 Å². The maximum absolute atomic E-state index is 12.4. The lowest BCUT2D eigenvalue weighted by molar-refractivity contribution is -0.0559. The van der Waals surface area contributed by atoms with Gasteiger partial charge in [0.1, 0.15) is 23.5 Å². The molecule has 0 aliphatic carbocycles. The Kier molecular flexibility index (Phi) is 6.55. The van der Waals surface area contributed by atoms with Crippen LogP contribution in [-0.4, -0.2) is 70.4 Å². The fourth-order valence-corrected chi connectivity index (χ4v) is 3.90. The molecule has 2 atom stereocenters. The molecule has 0 spiro atoms. The van der Waals surface area contributed by atoms with Gasteiger partial charge in [0.2, 0.25) is 5.88 Å². The zero-order valence-corrected chi connectivity index (χ0v) is 18.9. The molecule has 1 amide bonds. The van der Waals surface area contributed by atoms with Crippen LogP contribution in [0.3, 0.4) is 0 Å². The van der Waals surface area contributed by atoms with Crippen molar-refractivity contribution in [3.63, 3.8) is 0 Å². The number of ether oxygens (including phenoxy) is 4. The Balaban J connectivity index is 1.44. The molecule has 9 nitrogen and oxygen atoms in total. The van der Waals surface area contributed by atoms with Crippen molar-refractivity contribution in [1.82, 2.24) is 19.7 Å². The van der Waals surface area contributed by atoms with Crippen LogP contribution in [0, 0.1) is 0 Å². The Bertz CT molecular complexity index is 922. The number of carbonyl (C=O) groups excluding carboxylic acids is 1. The normalized spacial score (nSPS) is 22.5. The Hall–Kier alpha value is -2.10. The minimum atomic E-state index is -0.542. The molecule has 2 fully saturated rings. The summed E-state index contributed by atoms with van der Waals surface area (Å²) in [6, 6.07) is 1.77. The monoisotopic (exact) mass is 452 g/mol. The summed E-state index contributed by atoms with van der Waals surface area (Å²) < 4.78 is 24.9. The van der Waals surface area contributed by atoms with Crippen LogP contribution in [0.15, 0.2) is 12.3 Å². The van der Waals surface area contributed by atoms with Gasteiger partial charge in [0.25, 0.3) is 0 Å². The van der Waals surface area contributed by atoms with E-state index in [1.54, 1.807) is 17.2 Å². The van der Waals surface area contributed by atoms with Gasteiger partial charge in [-0.3, -0.25) is 0 Å². The summed E-state index contributed by atoms with van der Waals surface area (Å²) in [6.07, 6.45) is 4.03. The first-order chi connectivity index (χ1) is 14.8. The van der Waals surface area contributed by atoms with Gasteiger partial charge in [0, 0.05) is 19.2 Å². The first-order valence-electron chi connectivity index (χ1n) is 10.7. The van der Waals surface area contributed by atoms with Gasteiger partial charge < -0.3 is 23.8 Å². The molecule has 10 heteroatoms. The molecule has 2 saturated heterocycles. The molecule has 0 bridgehead atoms. The molecule has 2 aromatic rings. The third kappa shape index (κ3) is 5.39. The van der Waals surface area contributed by atoms with Crippen LogP contribution in [0.1, 0.15) is 46.3 Å². The van der Waals surface area contributed by atoms with Gasteiger partial charge in [0.05, 0.1) is 30.3 Å². The average molecular weight is 453 g/mol. The van der Waals surface area contributed by atoms with E-state index in [0.29, 0.717) is 30.7 Å². The number of amides is 1. The molecule has 170 valence electrons. The van der Waals surface area contributed by atoms with E-state index < -0.39 is 5.60 Å². The third-order valence-corrected chi connectivity index (χ3v) is 5.35. The summed E-state index contributed by atoms with van der Waals surface area (Å²) >= 11 is 6.27. The minimum Gasteiger partial charge on any atom is -0.474 e. The Morgan fingerprint density at radius 1 is 1.29 bits per heavy atom. The highest BCUT2D eigenvalue weighted by molar-refractivity contribution is 6.30. The minimum absolute atomic E-state index is 0.110. The lowest BCUT2D eigenvalue weighted by atomic mass is 10.2. The highest BCUT2D eigenvalue weighted by atomic mass is 35.5. The Labute approximate surface area is 186 Å². The molecular formula is C21H29ClN4O5. The number of nitrogens with zero attached hydrogens (tertiary/aromatic N) is 4. The van der Waals surface area contributed by atoms with E-state index in [4.69, 9.17) is 30.5 Å². The Morgan fingerprint density at radius 2 is 2.13 bits per heavy atom. The van der Waals surface area contributed by atoms with Crippen LogP contribution in [0.2, 0.25) is 5.15 Å². The number of carbonyl (C=O) groups is 1. The van der Waals surface area contributed by atoms with E-state index >= 15 is 0 Å². The van der Waals surface area contributed by atoms with Crippen LogP contribution in [0.4, 0.5) is 4.79 Å². The lowest BCUT2D eigenvalue weighted by Crippen LogP contribution is -2.49. The van der Waals surface area contributed by atoms with Crippen LogP contribution in [-0.2, 0) is 14.2 Å². The van der Waals surface area contributed by atoms with Crippen LogP contribution >= 0.6 is 11.6 Å². The number of fused-ring (bicyclic) bond motifs is 1. The number of halogens is 1. The standard InChI is InChI=1S/C21H29ClN4O5/c1-21(2,3)31-20(27)25-7-9-28-14(12-25)13-30-19-15-11-23-26(16(15)10-17(22)24-19)18-6-4-5-8-29-18/h10-11,14,18H,4-9,12-13H2,1-3H3. The van der Waals surface area contributed by atoms with E-state index in [9.17, 15) is 4.79 Å². The zero-order chi connectivity index (χ0) is 22.0. The summed E-state index contributed by atoms with van der Waals surface area (Å²) in [7, 11) is 0. The lowest BCUT2D eigenvalue weighted by Gasteiger charge is -2.34. The first-order valence-corrected chi connectivity index (χ1v) is 11.1. The van der Waals surface area contributed by atoms with E-state index in [1.807, 2.05) is 25.5 Å². The number of pyridine rings is 1. The van der Waals surface area contributed by atoms with Crippen LogP contribution < -0.4 is 4.74 Å². The van der Waals surface area contributed by atoms with Gasteiger partial charge in [-0.2, -0.15) is 5.10 Å². The summed E-state index contributed by atoms with van der Waals surface area (Å²) in [5.41, 5.74) is 0.279. The number of hydrogen-bond donors (Lipinski definition) is 0. The van der Waals surface area contributed by atoms with Crippen molar-refractivity contribution in [1.29, 1.82) is 0 Å². The van der Waals surface area contributed by atoms with E-state index in [-0.39, 0.29) is 25.0 Å². The average Bonchev–Trinajstić information content (AvgIpc) is 3.15. The predicted molar refractivity (Wildman–Crippen MR) is 114 cm³/mol. The second-order valence-corrected chi connectivity index (χ2v) is 9.21. The van der Waals surface area contributed by atoms with E-state index in [2.05, 4.69) is 10.1 Å². The zero-order valence-electron chi connectivity index (χ0n) is 18.2. The summed E-state index contributed by atoms with van der Waals surface area (Å²) in [5.74, 6) is 0.391. The van der Waals surface area contributed by atoms with Gasteiger partial charge in [-0.25, -0.2) is 14.5 Å². The third-order valence-electron chi connectivity index (χ3n) is 5.15. The fourth-order valence-electron chi connectivity index (χ4n) is 3.72. The summed E-state index contributed by atoms with van der Waals surface area (Å²) in [5, 5.41) is 5.58. The van der Waals surface area contributed by atoms with Crippen molar-refractivity contribution >= 4 is 28.6 Å². The maximum atomic E-state index is 12.4. The highest BCUT2D eigenvalue weighted by Gasteiger charge is 2.29. The molecule has 0 saturated carbocycles. The van der Waals surface area contributed by atoms with E-state index in [1.165, 1.54) is 0 Å². The van der Waals surface area contributed by atoms with Gasteiger partial charge in [-0.1, -0.05) is 11.6 Å². The van der Waals surface area contributed by atoms with Crippen molar-refractivity contribution in [3.05, 3.63) is 17.4 Å². The maximum Gasteiger partial charge on any atom is 0.410 e. The van der Waals surface area contributed by atoms with E-state index in [0.717, 1.165) is 36.8 Å². The second kappa shape index (κ2) is 9.18. The van der Waals surface area contributed by atoms with Crippen LogP contribution in [0.5, 0.6) is 5.88 Å². The Morgan fingerprint density at radius 3 is 2.87 bits per heavy atom. The number of morpholine rings is 1. The smallest absolute Gasteiger partial charge is 0.410 e. The number of hydrogen-bond acceptors (Lipinski definition) is 7. The predicted octanol–water partition coefficient (Wildman–Crippen LogP) is 3.80. The fraction of sp³-hybridized carbons (Fsp3) is 0.667. The first kappa shape index (κ1) is 22.1. The molecule has 0 N–H and O–H groups in total. The number of aromatic nitrogens is 3. The van der Waals surface area contributed by atoms with Crippen molar-refractivity contribution in [3.8, 4) is 5.88 Å². The van der Waals surface area contributed by atoms with Crippen molar-refractivity contribution < 1.29 is 23.7 Å². The molecule has 2 aromatic heterocycles. The second-order valence-electron chi connectivity index (χ2n) is 8.82. The summed E-state index contributed by atoms with van der Waals surface area (Å²) in [4.78, 5) is 18.3. The highest BCUT2D eigenvalue weighted by Crippen LogP contribution is 2.31. The molecule has 4 rings (SSSR count). The van der Waals surface area contributed by atoms with Crippen molar-refractivity contribution in [2.75, 3.05) is 32.9 Å². The largest absolute Gasteiger partial charge is 0.474 e.